The lowest BCUT2D eigenvalue weighted by Gasteiger charge is -2.15. The van der Waals surface area contributed by atoms with Crippen molar-refractivity contribution >= 4 is 17.4 Å². The Morgan fingerprint density at radius 2 is 2.06 bits per heavy atom. The van der Waals surface area contributed by atoms with Crippen molar-refractivity contribution < 1.29 is 14.3 Å². The molecule has 0 unspecified atom stereocenters. The molecular weight excluding hydrogens is 254 g/mol. The molecule has 2 N–H and O–H groups in total. The number of hydrogen-bond donors (Lipinski definition) is 1. The highest BCUT2D eigenvalue weighted by atomic mass is 35.5. The van der Waals surface area contributed by atoms with Crippen molar-refractivity contribution in [1.29, 1.82) is 0 Å². The van der Waals surface area contributed by atoms with Crippen LogP contribution in [0, 0.1) is 0 Å². The molecule has 0 saturated carbocycles. The number of ether oxygens (including phenoxy) is 2. The van der Waals surface area contributed by atoms with Crippen molar-refractivity contribution in [2.45, 2.75) is 26.4 Å². The van der Waals surface area contributed by atoms with Crippen molar-refractivity contribution in [3.05, 3.63) is 22.7 Å². The predicted molar refractivity (Wildman–Crippen MR) is 71.8 cm³/mol. The average Bonchev–Trinajstić information content (AvgIpc) is 2.28. The van der Waals surface area contributed by atoms with Gasteiger partial charge in [-0.25, -0.2) is 0 Å². The van der Waals surface area contributed by atoms with E-state index in [2.05, 4.69) is 0 Å². The lowest BCUT2D eigenvalue weighted by atomic mass is 10.1. The van der Waals surface area contributed by atoms with Gasteiger partial charge in [-0.3, -0.25) is 4.79 Å². The van der Waals surface area contributed by atoms with Gasteiger partial charge in [0.05, 0.1) is 18.2 Å². The maximum absolute atomic E-state index is 11.8. The van der Waals surface area contributed by atoms with E-state index in [0.717, 1.165) is 0 Å². The third-order valence-corrected chi connectivity index (χ3v) is 2.60. The van der Waals surface area contributed by atoms with E-state index < -0.39 is 0 Å². The summed E-state index contributed by atoms with van der Waals surface area (Å²) in [5.41, 5.74) is 5.78. The molecule has 0 spiro atoms. The molecule has 0 saturated heterocycles. The molecule has 1 rings (SSSR count). The molecule has 0 atom stereocenters. The number of ketones is 1. The van der Waals surface area contributed by atoms with E-state index in [1.807, 2.05) is 13.8 Å². The van der Waals surface area contributed by atoms with Crippen LogP contribution in [0.2, 0.25) is 5.02 Å². The second-order valence-electron chi connectivity index (χ2n) is 4.11. The van der Waals surface area contributed by atoms with Gasteiger partial charge in [-0.2, -0.15) is 0 Å². The number of benzene rings is 1. The molecule has 4 nitrogen and oxygen atoms in total. The van der Waals surface area contributed by atoms with E-state index in [9.17, 15) is 4.79 Å². The fourth-order valence-corrected chi connectivity index (χ4v) is 1.78. The zero-order valence-corrected chi connectivity index (χ0v) is 11.6. The minimum Gasteiger partial charge on any atom is -0.493 e. The van der Waals surface area contributed by atoms with Crippen LogP contribution in [0.5, 0.6) is 11.5 Å². The summed E-state index contributed by atoms with van der Waals surface area (Å²) in [6.45, 7) is 4.10. The van der Waals surface area contributed by atoms with Gasteiger partial charge in [0, 0.05) is 18.1 Å². The largest absolute Gasteiger partial charge is 0.493 e. The van der Waals surface area contributed by atoms with Crippen LogP contribution in [0.1, 0.15) is 30.6 Å². The number of carbonyl (C=O) groups excluding carboxylic acids is 1. The van der Waals surface area contributed by atoms with E-state index in [0.29, 0.717) is 28.6 Å². The molecule has 0 fully saturated rings. The zero-order chi connectivity index (χ0) is 13.7. The topological polar surface area (TPSA) is 61.5 Å². The molecule has 0 heterocycles. The van der Waals surface area contributed by atoms with Gasteiger partial charge in [0.2, 0.25) is 0 Å². The summed E-state index contributed by atoms with van der Waals surface area (Å²) >= 11 is 6.08. The number of carbonyl (C=O) groups is 1. The lowest BCUT2D eigenvalue weighted by Crippen LogP contribution is -2.10. The van der Waals surface area contributed by atoms with Crippen LogP contribution in [0.25, 0.3) is 0 Å². The number of halogens is 1. The fourth-order valence-electron chi connectivity index (χ4n) is 1.52. The minimum atomic E-state index is -0.100. The zero-order valence-electron chi connectivity index (χ0n) is 10.8. The Labute approximate surface area is 112 Å². The van der Waals surface area contributed by atoms with Crippen molar-refractivity contribution in [3.8, 4) is 11.5 Å². The first-order chi connectivity index (χ1) is 8.49. The highest BCUT2D eigenvalue weighted by Gasteiger charge is 2.16. The van der Waals surface area contributed by atoms with E-state index in [1.54, 1.807) is 12.1 Å². The minimum absolute atomic E-state index is 0.000519. The summed E-state index contributed by atoms with van der Waals surface area (Å²) < 4.78 is 10.8. The third-order valence-electron chi connectivity index (χ3n) is 2.29. The Hall–Kier alpha value is -1.26. The Balaban J connectivity index is 3.13. The molecule has 0 bridgehead atoms. The van der Waals surface area contributed by atoms with Crippen molar-refractivity contribution in [2.75, 3.05) is 13.7 Å². The Kier molecular flexibility index (Phi) is 5.44. The van der Waals surface area contributed by atoms with Gasteiger partial charge in [-0.05, 0) is 26.5 Å². The first-order valence-electron chi connectivity index (χ1n) is 5.77. The van der Waals surface area contributed by atoms with Gasteiger partial charge in [-0.15, -0.1) is 0 Å². The highest BCUT2D eigenvalue weighted by Crippen LogP contribution is 2.34. The first kappa shape index (κ1) is 14.8. The molecule has 0 aliphatic carbocycles. The number of methoxy groups -OCH3 is 1. The monoisotopic (exact) mass is 271 g/mol. The number of hydrogen-bond acceptors (Lipinski definition) is 4. The van der Waals surface area contributed by atoms with Gasteiger partial charge in [0.25, 0.3) is 0 Å². The summed E-state index contributed by atoms with van der Waals surface area (Å²) in [5, 5.41) is 0.352. The molecule has 1 aromatic rings. The molecule has 0 amide bonds. The molecular formula is C13H18ClNO3. The smallest absolute Gasteiger partial charge is 0.165 e. The lowest BCUT2D eigenvalue weighted by molar-refractivity contribution is 0.0985. The van der Waals surface area contributed by atoms with Crippen LogP contribution in [0.15, 0.2) is 12.1 Å². The second-order valence-corrected chi connectivity index (χ2v) is 4.52. The van der Waals surface area contributed by atoms with E-state index in [4.69, 9.17) is 26.8 Å². The van der Waals surface area contributed by atoms with Gasteiger partial charge in [0.1, 0.15) is 0 Å². The first-order valence-corrected chi connectivity index (χ1v) is 6.14. The molecule has 0 aromatic heterocycles. The van der Waals surface area contributed by atoms with Crippen LogP contribution in [-0.2, 0) is 0 Å². The third kappa shape index (κ3) is 3.62. The highest BCUT2D eigenvalue weighted by molar-refractivity contribution is 6.34. The van der Waals surface area contributed by atoms with Crippen LogP contribution in [0.4, 0.5) is 0 Å². The number of Topliss-reactive ketones (excluding diaryl/α,β-unsaturated/α-hetero) is 1. The Morgan fingerprint density at radius 3 is 2.56 bits per heavy atom. The molecule has 18 heavy (non-hydrogen) atoms. The molecule has 0 aliphatic heterocycles. The van der Waals surface area contributed by atoms with Gasteiger partial charge >= 0.3 is 0 Å². The number of nitrogens with two attached hydrogens (primary N) is 1. The van der Waals surface area contributed by atoms with E-state index in [-0.39, 0.29) is 18.3 Å². The Bertz CT molecular complexity index is 432. The maximum atomic E-state index is 11.8. The maximum Gasteiger partial charge on any atom is 0.165 e. The average molecular weight is 272 g/mol. The summed E-state index contributed by atoms with van der Waals surface area (Å²) in [6, 6.07) is 3.20. The van der Waals surface area contributed by atoms with E-state index in [1.165, 1.54) is 7.11 Å². The fraction of sp³-hybridized carbons (Fsp3) is 0.462. The van der Waals surface area contributed by atoms with Gasteiger partial charge < -0.3 is 15.2 Å². The van der Waals surface area contributed by atoms with Gasteiger partial charge in [0.15, 0.2) is 17.3 Å². The summed E-state index contributed by atoms with van der Waals surface area (Å²) in [6.07, 6.45) is 0.258. The van der Waals surface area contributed by atoms with Crippen LogP contribution in [0.3, 0.4) is 0 Å². The standard InChI is InChI=1S/C13H18ClNO3/c1-8(2)18-13-7-10(14)9(6-12(13)17-3)11(16)4-5-15/h6-8H,4-5,15H2,1-3H3. The van der Waals surface area contributed by atoms with Gasteiger partial charge in [-0.1, -0.05) is 11.6 Å². The summed E-state index contributed by atoms with van der Waals surface area (Å²) in [7, 11) is 1.52. The normalized spacial score (nSPS) is 10.6. The van der Waals surface area contributed by atoms with Crippen molar-refractivity contribution in [2.24, 2.45) is 5.73 Å². The van der Waals surface area contributed by atoms with Crippen LogP contribution < -0.4 is 15.2 Å². The number of rotatable bonds is 6. The van der Waals surface area contributed by atoms with Crippen LogP contribution in [-0.4, -0.2) is 25.5 Å². The summed E-state index contributed by atoms with van der Waals surface area (Å²) in [4.78, 5) is 11.8. The summed E-state index contributed by atoms with van der Waals surface area (Å²) in [5.74, 6) is 0.923. The molecule has 100 valence electrons. The molecule has 1 aromatic carbocycles. The van der Waals surface area contributed by atoms with Crippen molar-refractivity contribution in [3.63, 3.8) is 0 Å². The molecule has 5 heteroatoms. The predicted octanol–water partition coefficient (Wildman–Crippen LogP) is 2.67. The Morgan fingerprint density at radius 1 is 1.39 bits per heavy atom. The van der Waals surface area contributed by atoms with E-state index >= 15 is 0 Å². The molecule has 0 aliphatic rings. The second kappa shape index (κ2) is 6.61. The van der Waals surface area contributed by atoms with Crippen molar-refractivity contribution in [1.82, 2.24) is 0 Å². The van der Waals surface area contributed by atoms with Crippen LogP contribution >= 0.6 is 11.6 Å². The quantitative estimate of drug-likeness (QED) is 0.808. The molecule has 0 radical (unpaired) electrons. The SMILES string of the molecule is COc1cc(C(=O)CCN)c(Cl)cc1OC(C)C.